The molecule has 1 rings (SSSR count). The maximum Gasteiger partial charge on any atom is 0.126 e. The molecule has 16 heavy (non-hydrogen) atoms. The lowest BCUT2D eigenvalue weighted by Crippen LogP contribution is -2.18. The van der Waals surface area contributed by atoms with Crippen LogP contribution in [0.4, 0.5) is 4.39 Å². The summed E-state index contributed by atoms with van der Waals surface area (Å²) in [6.07, 6.45) is 0.631. The molecule has 2 nitrogen and oxygen atoms in total. The van der Waals surface area contributed by atoms with Gasteiger partial charge in [-0.1, -0.05) is 0 Å². The second kappa shape index (κ2) is 6.71. The van der Waals surface area contributed by atoms with Gasteiger partial charge in [0.25, 0.3) is 0 Å². The molecule has 0 aliphatic carbocycles. The van der Waals surface area contributed by atoms with Gasteiger partial charge in [-0.05, 0) is 50.5 Å². The fourth-order valence-corrected chi connectivity index (χ4v) is 1.49. The number of nitrogens with two attached hydrogens (primary N) is 1. The highest BCUT2D eigenvalue weighted by molar-refractivity contribution is 5.85. The summed E-state index contributed by atoms with van der Waals surface area (Å²) in [6, 6.07) is 3.26. The molecule has 0 saturated carbocycles. The van der Waals surface area contributed by atoms with Crippen LogP contribution in [0.1, 0.15) is 25.0 Å². The third kappa shape index (κ3) is 3.99. The van der Waals surface area contributed by atoms with Gasteiger partial charge < -0.3 is 10.5 Å². The summed E-state index contributed by atoms with van der Waals surface area (Å²) in [5.74, 6) is 0.544. The highest BCUT2D eigenvalue weighted by Crippen LogP contribution is 2.23. The van der Waals surface area contributed by atoms with E-state index in [4.69, 9.17) is 10.5 Å². The van der Waals surface area contributed by atoms with Gasteiger partial charge in [-0.2, -0.15) is 0 Å². The molecule has 1 atom stereocenters. The topological polar surface area (TPSA) is 35.2 Å². The molecule has 0 bridgehead atoms. The van der Waals surface area contributed by atoms with Crippen LogP contribution in [0.5, 0.6) is 5.75 Å². The second-order valence-electron chi connectivity index (χ2n) is 3.82. The van der Waals surface area contributed by atoms with E-state index in [1.807, 2.05) is 13.8 Å². The van der Waals surface area contributed by atoms with Gasteiger partial charge in [-0.15, -0.1) is 12.4 Å². The van der Waals surface area contributed by atoms with Gasteiger partial charge in [0, 0.05) is 6.04 Å². The fraction of sp³-hybridized carbons (Fsp3) is 0.500. The van der Waals surface area contributed by atoms with Crippen LogP contribution < -0.4 is 10.5 Å². The Balaban J connectivity index is 0.00000225. The summed E-state index contributed by atoms with van der Waals surface area (Å²) in [7, 11) is 0. The van der Waals surface area contributed by atoms with Crippen molar-refractivity contribution in [3.63, 3.8) is 0 Å². The lowest BCUT2D eigenvalue weighted by atomic mass is 10.0. The molecule has 4 heteroatoms. The molecule has 0 saturated heterocycles. The maximum absolute atomic E-state index is 13.4. The van der Waals surface area contributed by atoms with Crippen molar-refractivity contribution in [2.75, 3.05) is 6.61 Å². The summed E-state index contributed by atoms with van der Waals surface area (Å²) >= 11 is 0. The van der Waals surface area contributed by atoms with Crippen molar-refractivity contribution in [3.05, 3.63) is 29.1 Å². The molecule has 1 aromatic rings. The second-order valence-corrected chi connectivity index (χ2v) is 3.82. The average molecular weight is 248 g/mol. The predicted molar refractivity (Wildman–Crippen MR) is 66.9 cm³/mol. The van der Waals surface area contributed by atoms with E-state index in [1.54, 1.807) is 13.0 Å². The standard InChI is InChI=1S/C12H18FNO.ClH/c1-4-15-12-5-8(2)11(13)7-10(12)6-9(3)14;/h5,7,9H,4,6,14H2,1-3H3;1H. The normalized spacial score (nSPS) is 11.8. The molecule has 0 aromatic heterocycles. The van der Waals surface area contributed by atoms with Crippen molar-refractivity contribution in [1.82, 2.24) is 0 Å². The zero-order valence-corrected chi connectivity index (χ0v) is 10.7. The Kier molecular flexibility index (Phi) is 6.38. The van der Waals surface area contributed by atoms with Gasteiger partial charge in [-0.25, -0.2) is 4.39 Å². The first-order valence-corrected chi connectivity index (χ1v) is 5.22. The summed E-state index contributed by atoms with van der Waals surface area (Å²) in [6.45, 7) is 6.12. The first-order valence-electron chi connectivity index (χ1n) is 5.22. The first kappa shape index (κ1) is 15.2. The molecule has 92 valence electrons. The van der Waals surface area contributed by atoms with E-state index in [9.17, 15) is 4.39 Å². The summed E-state index contributed by atoms with van der Waals surface area (Å²) < 4.78 is 18.8. The number of ether oxygens (including phenoxy) is 1. The van der Waals surface area contributed by atoms with Crippen molar-refractivity contribution in [2.45, 2.75) is 33.2 Å². The van der Waals surface area contributed by atoms with E-state index < -0.39 is 0 Å². The smallest absolute Gasteiger partial charge is 0.126 e. The van der Waals surface area contributed by atoms with Gasteiger partial charge in [-0.3, -0.25) is 0 Å². The number of hydrogen-bond acceptors (Lipinski definition) is 2. The van der Waals surface area contributed by atoms with E-state index in [2.05, 4.69) is 0 Å². The number of hydrogen-bond donors (Lipinski definition) is 1. The van der Waals surface area contributed by atoms with E-state index >= 15 is 0 Å². The highest BCUT2D eigenvalue weighted by atomic mass is 35.5. The molecule has 0 aliphatic heterocycles. The van der Waals surface area contributed by atoms with Crippen molar-refractivity contribution in [2.24, 2.45) is 5.73 Å². The van der Waals surface area contributed by atoms with Crippen LogP contribution >= 0.6 is 12.4 Å². The average Bonchev–Trinajstić information content (AvgIpc) is 2.13. The maximum atomic E-state index is 13.4. The lowest BCUT2D eigenvalue weighted by molar-refractivity contribution is 0.334. The molecule has 0 spiro atoms. The summed E-state index contributed by atoms with van der Waals surface area (Å²) in [4.78, 5) is 0. The molecule has 2 N–H and O–H groups in total. The van der Waals surface area contributed by atoms with Crippen molar-refractivity contribution in [3.8, 4) is 5.75 Å². The fourth-order valence-electron chi connectivity index (χ4n) is 1.49. The molecule has 0 fully saturated rings. The molecule has 0 radical (unpaired) electrons. The predicted octanol–water partition coefficient (Wildman–Crippen LogP) is 2.84. The number of rotatable bonds is 4. The molecular weight excluding hydrogens is 229 g/mol. The number of aryl methyl sites for hydroxylation is 1. The van der Waals surface area contributed by atoms with Crippen LogP contribution in [0.15, 0.2) is 12.1 Å². The van der Waals surface area contributed by atoms with Crippen LogP contribution in [0.2, 0.25) is 0 Å². The Labute approximate surface area is 102 Å². The van der Waals surface area contributed by atoms with Crippen LogP contribution in [0.25, 0.3) is 0 Å². The molecular formula is C12H19ClFNO. The van der Waals surface area contributed by atoms with Crippen LogP contribution in [-0.2, 0) is 6.42 Å². The van der Waals surface area contributed by atoms with Crippen LogP contribution in [0.3, 0.4) is 0 Å². The van der Waals surface area contributed by atoms with E-state index in [0.29, 0.717) is 18.6 Å². The Morgan fingerprint density at radius 3 is 2.56 bits per heavy atom. The van der Waals surface area contributed by atoms with E-state index in [1.165, 1.54) is 6.07 Å². The molecule has 0 aliphatic rings. The molecule has 0 heterocycles. The minimum absolute atomic E-state index is 0. The third-order valence-corrected chi connectivity index (χ3v) is 2.18. The highest BCUT2D eigenvalue weighted by Gasteiger charge is 2.09. The Morgan fingerprint density at radius 2 is 2.06 bits per heavy atom. The molecule has 1 unspecified atom stereocenters. The minimum atomic E-state index is -0.200. The Morgan fingerprint density at radius 1 is 1.44 bits per heavy atom. The van der Waals surface area contributed by atoms with Gasteiger partial charge in [0.1, 0.15) is 11.6 Å². The van der Waals surface area contributed by atoms with Crippen molar-refractivity contribution >= 4 is 12.4 Å². The quantitative estimate of drug-likeness (QED) is 0.888. The summed E-state index contributed by atoms with van der Waals surface area (Å²) in [5, 5.41) is 0. The largest absolute Gasteiger partial charge is 0.494 e. The van der Waals surface area contributed by atoms with Crippen LogP contribution in [-0.4, -0.2) is 12.6 Å². The molecule has 0 amide bonds. The Hall–Kier alpha value is -0.800. The SMILES string of the molecule is CCOc1cc(C)c(F)cc1CC(C)N.Cl. The van der Waals surface area contributed by atoms with Gasteiger partial charge in [0.15, 0.2) is 0 Å². The summed E-state index contributed by atoms with van der Waals surface area (Å²) in [5.41, 5.74) is 7.15. The zero-order valence-electron chi connectivity index (χ0n) is 9.92. The number of benzene rings is 1. The first-order chi connectivity index (χ1) is 7.04. The molecule has 1 aromatic carbocycles. The Bertz CT molecular complexity index is 342. The van der Waals surface area contributed by atoms with Crippen molar-refractivity contribution in [1.29, 1.82) is 0 Å². The lowest BCUT2D eigenvalue weighted by Gasteiger charge is -2.13. The van der Waals surface area contributed by atoms with Gasteiger partial charge in [0.05, 0.1) is 6.61 Å². The van der Waals surface area contributed by atoms with E-state index in [-0.39, 0.29) is 24.3 Å². The minimum Gasteiger partial charge on any atom is -0.494 e. The zero-order chi connectivity index (χ0) is 11.4. The number of halogens is 2. The van der Waals surface area contributed by atoms with Crippen LogP contribution in [0, 0.1) is 12.7 Å². The van der Waals surface area contributed by atoms with Gasteiger partial charge >= 0.3 is 0 Å². The van der Waals surface area contributed by atoms with E-state index in [0.717, 1.165) is 11.3 Å². The monoisotopic (exact) mass is 247 g/mol. The third-order valence-electron chi connectivity index (χ3n) is 2.18. The van der Waals surface area contributed by atoms with Crippen molar-refractivity contribution < 1.29 is 9.13 Å². The van der Waals surface area contributed by atoms with Gasteiger partial charge in [0.2, 0.25) is 0 Å².